The first kappa shape index (κ1) is 15.2. The first-order valence-electron chi connectivity index (χ1n) is 4.66. The van der Waals surface area contributed by atoms with Crippen LogP contribution in [0.5, 0.6) is 0 Å². The summed E-state index contributed by atoms with van der Waals surface area (Å²) in [5.41, 5.74) is 6.56. The Morgan fingerprint density at radius 3 is 2.81 bits per heavy atom. The quantitative estimate of drug-likeness (QED) is 0.668. The highest BCUT2D eigenvalue weighted by Gasteiger charge is 2.12. The zero-order chi connectivity index (χ0) is 11.3. The first-order valence-corrected chi connectivity index (χ1v) is 5.04. The van der Waals surface area contributed by atoms with Crippen molar-refractivity contribution in [1.82, 2.24) is 4.98 Å². The number of carbonyl (C=O) groups excluding carboxylic acids is 1. The van der Waals surface area contributed by atoms with E-state index in [-0.39, 0.29) is 24.8 Å². The minimum absolute atomic E-state index is 0. The maximum Gasteiger partial charge on any atom is 0.307 e. The number of halogens is 2. The molecule has 1 rings (SSSR count). The average Bonchev–Trinajstić information content (AvgIpc) is 2.18. The van der Waals surface area contributed by atoms with Gasteiger partial charge < -0.3 is 10.5 Å². The molecule has 0 aliphatic rings. The Hall–Kier alpha value is -0.840. The molecule has 0 aromatic carbocycles. The van der Waals surface area contributed by atoms with Gasteiger partial charge in [0.25, 0.3) is 0 Å². The summed E-state index contributed by atoms with van der Waals surface area (Å²) in [5.74, 6) is -0.306. The van der Waals surface area contributed by atoms with Gasteiger partial charge in [-0.3, -0.25) is 4.79 Å². The predicted octanol–water partition coefficient (Wildman–Crippen LogP) is 2.11. The zero-order valence-electron chi connectivity index (χ0n) is 8.85. The van der Waals surface area contributed by atoms with E-state index in [0.717, 1.165) is 5.56 Å². The number of pyridine rings is 1. The lowest BCUT2D eigenvalue weighted by atomic mass is 10.1. The minimum Gasteiger partial charge on any atom is -0.466 e. The topological polar surface area (TPSA) is 65.2 Å². The van der Waals surface area contributed by atoms with Gasteiger partial charge in [0.1, 0.15) is 5.15 Å². The Morgan fingerprint density at radius 2 is 2.31 bits per heavy atom. The fraction of sp³-hybridized carbons (Fsp3) is 0.400. The number of nitrogens with two attached hydrogens (primary N) is 1. The van der Waals surface area contributed by atoms with Crippen LogP contribution >= 0.6 is 24.0 Å². The highest BCUT2D eigenvalue weighted by atomic mass is 35.5. The van der Waals surface area contributed by atoms with Crippen LogP contribution in [0.1, 0.15) is 24.9 Å². The molecule has 0 radical (unpaired) electrons. The SMILES string of the molecule is CCOC(=O)C[C@@H](N)c1ccc(Cl)nc1.Cl. The molecule has 0 unspecified atom stereocenters. The fourth-order valence-corrected chi connectivity index (χ4v) is 1.24. The fourth-order valence-electron chi connectivity index (χ4n) is 1.12. The molecular weight excluding hydrogens is 251 g/mol. The lowest BCUT2D eigenvalue weighted by molar-refractivity contribution is -0.143. The number of esters is 1. The van der Waals surface area contributed by atoms with Crippen molar-refractivity contribution in [2.24, 2.45) is 5.73 Å². The van der Waals surface area contributed by atoms with Crippen molar-refractivity contribution in [3.8, 4) is 0 Å². The molecule has 0 spiro atoms. The van der Waals surface area contributed by atoms with E-state index in [1.807, 2.05) is 0 Å². The second kappa shape index (κ2) is 7.44. The molecule has 0 aliphatic heterocycles. The molecule has 0 fully saturated rings. The Labute approximate surface area is 106 Å². The van der Waals surface area contributed by atoms with E-state index in [1.165, 1.54) is 0 Å². The van der Waals surface area contributed by atoms with E-state index >= 15 is 0 Å². The molecule has 2 N–H and O–H groups in total. The number of hydrogen-bond acceptors (Lipinski definition) is 4. The number of aromatic nitrogens is 1. The summed E-state index contributed by atoms with van der Waals surface area (Å²) in [6, 6.07) is 3.00. The maximum absolute atomic E-state index is 11.1. The van der Waals surface area contributed by atoms with Crippen LogP contribution in [-0.2, 0) is 9.53 Å². The van der Waals surface area contributed by atoms with E-state index in [4.69, 9.17) is 22.1 Å². The van der Waals surface area contributed by atoms with Gasteiger partial charge in [0.05, 0.1) is 13.0 Å². The summed E-state index contributed by atoms with van der Waals surface area (Å²) >= 11 is 5.63. The third kappa shape index (κ3) is 4.79. The monoisotopic (exact) mass is 264 g/mol. The van der Waals surface area contributed by atoms with Gasteiger partial charge in [-0.05, 0) is 18.6 Å². The third-order valence-electron chi connectivity index (χ3n) is 1.87. The van der Waals surface area contributed by atoms with Crippen LogP contribution in [-0.4, -0.2) is 17.6 Å². The van der Waals surface area contributed by atoms with Crippen LogP contribution in [0.25, 0.3) is 0 Å². The van der Waals surface area contributed by atoms with Gasteiger partial charge in [-0.2, -0.15) is 0 Å². The molecule has 0 saturated carbocycles. The van der Waals surface area contributed by atoms with Gasteiger partial charge >= 0.3 is 5.97 Å². The van der Waals surface area contributed by atoms with Crippen molar-refractivity contribution < 1.29 is 9.53 Å². The molecule has 1 atom stereocenters. The molecular formula is C10H14Cl2N2O2. The predicted molar refractivity (Wildman–Crippen MR) is 64.7 cm³/mol. The van der Waals surface area contributed by atoms with Crippen molar-refractivity contribution in [1.29, 1.82) is 0 Å². The lowest BCUT2D eigenvalue weighted by Crippen LogP contribution is -2.17. The maximum atomic E-state index is 11.1. The molecule has 1 aromatic rings. The van der Waals surface area contributed by atoms with Gasteiger partial charge in [-0.25, -0.2) is 4.98 Å². The van der Waals surface area contributed by atoms with Crippen LogP contribution in [0, 0.1) is 0 Å². The summed E-state index contributed by atoms with van der Waals surface area (Å²) in [7, 11) is 0. The Morgan fingerprint density at radius 1 is 1.62 bits per heavy atom. The van der Waals surface area contributed by atoms with Crippen molar-refractivity contribution in [3.05, 3.63) is 29.0 Å². The Kier molecular flexibility index (Phi) is 7.05. The van der Waals surface area contributed by atoms with E-state index in [0.29, 0.717) is 11.8 Å². The molecule has 0 bridgehead atoms. The highest BCUT2D eigenvalue weighted by molar-refractivity contribution is 6.29. The smallest absolute Gasteiger partial charge is 0.307 e. The molecule has 4 nitrogen and oxygen atoms in total. The second-order valence-corrected chi connectivity index (χ2v) is 3.42. The van der Waals surface area contributed by atoms with Crippen LogP contribution in [0.2, 0.25) is 5.15 Å². The highest BCUT2D eigenvalue weighted by Crippen LogP contribution is 2.15. The van der Waals surface area contributed by atoms with Crippen LogP contribution in [0.4, 0.5) is 0 Å². The molecule has 90 valence electrons. The van der Waals surface area contributed by atoms with Crippen molar-refractivity contribution >= 4 is 30.0 Å². The van der Waals surface area contributed by atoms with E-state index in [9.17, 15) is 4.79 Å². The Bertz CT molecular complexity index is 330. The van der Waals surface area contributed by atoms with Gasteiger partial charge in [0.2, 0.25) is 0 Å². The van der Waals surface area contributed by atoms with Crippen molar-refractivity contribution in [2.75, 3.05) is 6.61 Å². The van der Waals surface area contributed by atoms with E-state index in [2.05, 4.69) is 4.98 Å². The normalized spacial score (nSPS) is 11.4. The first-order chi connectivity index (χ1) is 7.13. The molecule has 0 saturated heterocycles. The molecule has 0 aliphatic carbocycles. The van der Waals surface area contributed by atoms with Gasteiger partial charge in [0, 0.05) is 12.2 Å². The molecule has 6 heteroatoms. The third-order valence-corrected chi connectivity index (χ3v) is 2.09. The summed E-state index contributed by atoms with van der Waals surface area (Å²) < 4.78 is 4.79. The molecule has 0 amide bonds. The van der Waals surface area contributed by atoms with Crippen LogP contribution in [0.15, 0.2) is 18.3 Å². The van der Waals surface area contributed by atoms with E-state index in [1.54, 1.807) is 25.3 Å². The molecule has 1 heterocycles. The molecule has 1 aromatic heterocycles. The number of carbonyl (C=O) groups is 1. The van der Waals surface area contributed by atoms with E-state index < -0.39 is 6.04 Å². The zero-order valence-corrected chi connectivity index (χ0v) is 10.4. The minimum atomic E-state index is -0.395. The lowest BCUT2D eigenvalue weighted by Gasteiger charge is -2.10. The number of hydrogen-bond donors (Lipinski definition) is 1. The number of nitrogens with zero attached hydrogens (tertiary/aromatic N) is 1. The summed E-state index contributed by atoms with van der Waals surface area (Å²) in [5, 5.41) is 0.405. The van der Waals surface area contributed by atoms with Gasteiger partial charge in [-0.15, -0.1) is 12.4 Å². The number of rotatable bonds is 4. The van der Waals surface area contributed by atoms with Crippen LogP contribution < -0.4 is 5.73 Å². The number of ether oxygens (including phenoxy) is 1. The van der Waals surface area contributed by atoms with Gasteiger partial charge in [0.15, 0.2) is 0 Å². The Balaban J connectivity index is 0.00000225. The van der Waals surface area contributed by atoms with Gasteiger partial charge in [-0.1, -0.05) is 17.7 Å². The summed E-state index contributed by atoms with van der Waals surface area (Å²) in [6.07, 6.45) is 1.71. The van der Waals surface area contributed by atoms with Crippen LogP contribution in [0.3, 0.4) is 0 Å². The standard InChI is InChI=1S/C10H13ClN2O2.ClH/c1-2-15-10(14)5-8(12)7-3-4-9(11)13-6-7;/h3-4,6,8H,2,5,12H2,1H3;1H/t8-;/m1./s1. The van der Waals surface area contributed by atoms with Crippen molar-refractivity contribution in [3.63, 3.8) is 0 Å². The summed E-state index contributed by atoms with van der Waals surface area (Å²) in [6.45, 7) is 2.12. The largest absolute Gasteiger partial charge is 0.466 e. The molecule has 16 heavy (non-hydrogen) atoms. The second-order valence-electron chi connectivity index (χ2n) is 3.03. The average molecular weight is 265 g/mol. The van der Waals surface area contributed by atoms with Crippen molar-refractivity contribution in [2.45, 2.75) is 19.4 Å². The summed E-state index contributed by atoms with van der Waals surface area (Å²) in [4.78, 5) is 15.0.